The molecule has 2 rings (SSSR count). The summed E-state index contributed by atoms with van der Waals surface area (Å²) in [5.41, 5.74) is 0. The van der Waals surface area contributed by atoms with Gasteiger partial charge in [-0.05, 0) is 30.7 Å². The van der Waals surface area contributed by atoms with Crippen molar-refractivity contribution in [1.29, 1.82) is 0 Å². The number of ether oxygens (including phenoxy) is 2. The number of carbonyl (C=O) groups excluding carboxylic acids is 1. The lowest BCUT2D eigenvalue weighted by molar-refractivity contribution is -0.136. The molecule has 1 atom stereocenters. The van der Waals surface area contributed by atoms with Crippen molar-refractivity contribution in [2.75, 3.05) is 33.4 Å². The molecular weight excluding hydrogens is 256 g/mol. The topological polar surface area (TPSA) is 50.8 Å². The van der Waals surface area contributed by atoms with E-state index in [9.17, 15) is 4.79 Å². The molecule has 1 aliphatic rings. The Balaban J connectivity index is 1.78. The maximum Gasteiger partial charge on any atom is 0.239 e. The zero-order valence-corrected chi connectivity index (χ0v) is 12.1. The van der Waals surface area contributed by atoms with Gasteiger partial charge in [0.05, 0.1) is 19.7 Å². The van der Waals surface area contributed by atoms with Crippen molar-refractivity contribution in [2.24, 2.45) is 0 Å². The number of rotatable bonds is 6. The number of amides is 1. The molecule has 1 amide bonds. The van der Waals surface area contributed by atoms with Crippen LogP contribution in [0.1, 0.15) is 13.3 Å². The van der Waals surface area contributed by atoms with Crippen LogP contribution in [0.15, 0.2) is 24.3 Å². The van der Waals surface area contributed by atoms with Crippen molar-refractivity contribution in [3.63, 3.8) is 0 Å². The van der Waals surface area contributed by atoms with Gasteiger partial charge in [-0.15, -0.1) is 0 Å². The molecule has 1 aliphatic heterocycles. The SMILES string of the molecule is CCC1NCCN(CCOc2ccc(OC)cc2)C1=O. The normalized spacial score (nSPS) is 19.0. The summed E-state index contributed by atoms with van der Waals surface area (Å²) in [5, 5.41) is 3.22. The van der Waals surface area contributed by atoms with Crippen LogP contribution in [0.4, 0.5) is 0 Å². The van der Waals surface area contributed by atoms with Crippen LogP contribution in [0.2, 0.25) is 0 Å². The fraction of sp³-hybridized carbons (Fsp3) is 0.533. The molecule has 1 aromatic carbocycles. The van der Waals surface area contributed by atoms with E-state index in [0.29, 0.717) is 13.2 Å². The molecule has 0 radical (unpaired) electrons. The minimum atomic E-state index is -0.0373. The second-order valence-corrected chi connectivity index (χ2v) is 4.76. The van der Waals surface area contributed by atoms with Gasteiger partial charge in [0.15, 0.2) is 0 Å². The highest BCUT2D eigenvalue weighted by molar-refractivity contribution is 5.82. The van der Waals surface area contributed by atoms with Gasteiger partial charge >= 0.3 is 0 Å². The van der Waals surface area contributed by atoms with Gasteiger partial charge in [-0.2, -0.15) is 0 Å². The summed E-state index contributed by atoms with van der Waals surface area (Å²) in [7, 11) is 1.63. The first kappa shape index (κ1) is 14.7. The molecule has 0 saturated carbocycles. The summed E-state index contributed by atoms with van der Waals surface area (Å²) < 4.78 is 10.7. The lowest BCUT2D eigenvalue weighted by Crippen LogP contribution is -2.55. The molecule has 1 N–H and O–H groups in total. The standard InChI is InChI=1S/C15H22N2O3/c1-3-14-15(18)17(9-8-16-14)10-11-20-13-6-4-12(19-2)5-7-13/h4-7,14,16H,3,8-11H2,1-2H3. The Hall–Kier alpha value is -1.75. The lowest BCUT2D eigenvalue weighted by Gasteiger charge is -2.32. The van der Waals surface area contributed by atoms with E-state index in [-0.39, 0.29) is 11.9 Å². The fourth-order valence-electron chi connectivity index (χ4n) is 2.28. The van der Waals surface area contributed by atoms with Gasteiger partial charge in [-0.3, -0.25) is 4.79 Å². The molecule has 1 saturated heterocycles. The first-order valence-corrected chi connectivity index (χ1v) is 7.03. The van der Waals surface area contributed by atoms with Gasteiger partial charge in [0.25, 0.3) is 0 Å². The molecule has 5 nitrogen and oxygen atoms in total. The Morgan fingerprint density at radius 2 is 2.00 bits per heavy atom. The van der Waals surface area contributed by atoms with E-state index in [1.165, 1.54) is 0 Å². The molecule has 5 heteroatoms. The number of hydrogen-bond acceptors (Lipinski definition) is 4. The van der Waals surface area contributed by atoms with Crippen LogP contribution in [0, 0.1) is 0 Å². The molecule has 1 heterocycles. The number of benzene rings is 1. The lowest BCUT2D eigenvalue weighted by atomic mass is 10.1. The highest BCUT2D eigenvalue weighted by Gasteiger charge is 2.26. The van der Waals surface area contributed by atoms with Crippen LogP contribution in [0.5, 0.6) is 11.5 Å². The Bertz CT molecular complexity index is 433. The van der Waals surface area contributed by atoms with Crippen molar-refractivity contribution >= 4 is 5.91 Å². The maximum atomic E-state index is 12.1. The van der Waals surface area contributed by atoms with E-state index in [1.807, 2.05) is 36.1 Å². The Morgan fingerprint density at radius 1 is 1.30 bits per heavy atom. The van der Waals surface area contributed by atoms with Gasteiger partial charge in [0.1, 0.15) is 18.1 Å². The Morgan fingerprint density at radius 3 is 2.65 bits per heavy atom. The van der Waals surface area contributed by atoms with E-state index in [0.717, 1.165) is 31.0 Å². The zero-order valence-electron chi connectivity index (χ0n) is 12.1. The van der Waals surface area contributed by atoms with Crippen molar-refractivity contribution in [3.05, 3.63) is 24.3 Å². The van der Waals surface area contributed by atoms with E-state index in [4.69, 9.17) is 9.47 Å². The van der Waals surface area contributed by atoms with Crippen molar-refractivity contribution < 1.29 is 14.3 Å². The third kappa shape index (κ3) is 3.63. The van der Waals surface area contributed by atoms with E-state index < -0.39 is 0 Å². The van der Waals surface area contributed by atoms with Crippen molar-refractivity contribution in [1.82, 2.24) is 10.2 Å². The molecule has 1 aromatic rings. The van der Waals surface area contributed by atoms with E-state index in [2.05, 4.69) is 5.32 Å². The molecule has 0 aromatic heterocycles. The highest BCUT2D eigenvalue weighted by Crippen LogP contribution is 2.17. The van der Waals surface area contributed by atoms with Gasteiger partial charge in [-0.25, -0.2) is 0 Å². The first-order chi connectivity index (χ1) is 9.74. The summed E-state index contributed by atoms with van der Waals surface area (Å²) in [5.74, 6) is 1.78. The van der Waals surface area contributed by atoms with Crippen molar-refractivity contribution in [3.8, 4) is 11.5 Å². The molecular formula is C15H22N2O3. The summed E-state index contributed by atoms with van der Waals surface area (Å²) in [6.45, 7) is 4.76. The largest absolute Gasteiger partial charge is 0.497 e. The first-order valence-electron chi connectivity index (χ1n) is 7.03. The van der Waals surface area contributed by atoms with Gasteiger partial charge < -0.3 is 19.7 Å². The number of nitrogens with one attached hydrogen (secondary N) is 1. The van der Waals surface area contributed by atoms with Gasteiger partial charge in [0, 0.05) is 13.1 Å². The van der Waals surface area contributed by atoms with Gasteiger partial charge in [-0.1, -0.05) is 6.92 Å². The van der Waals surface area contributed by atoms with Crippen LogP contribution >= 0.6 is 0 Å². The molecule has 1 fully saturated rings. The smallest absolute Gasteiger partial charge is 0.239 e. The molecule has 0 bridgehead atoms. The quantitative estimate of drug-likeness (QED) is 0.852. The van der Waals surface area contributed by atoms with E-state index >= 15 is 0 Å². The third-order valence-corrected chi connectivity index (χ3v) is 3.48. The second-order valence-electron chi connectivity index (χ2n) is 4.76. The number of hydrogen-bond donors (Lipinski definition) is 1. The molecule has 20 heavy (non-hydrogen) atoms. The summed E-state index contributed by atoms with van der Waals surface area (Å²) >= 11 is 0. The average molecular weight is 278 g/mol. The van der Waals surface area contributed by atoms with Crippen LogP contribution in [0.25, 0.3) is 0 Å². The Kier molecular flexibility index (Phi) is 5.24. The summed E-state index contributed by atoms with van der Waals surface area (Å²) in [6.07, 6.45) is 0.828. The minimum Gasteiger partial charge on any atom is -0.497 e. The van der Waals surface area contributed by atoms with Crippen LogP contribution in [-0.4, -0.2) is 50.2 Å². The summed E-state index contributed by atoms with van der Waals surface area (Å²) in [4.78, 5) is 13.9. The zero-order chi connectivity index (χ0) is 14.4. The second kappa shape index (κ2) is 7.14. The molecule has 0 spiro atoms. The van der Waals surface area contributed by atoms with E-state index in [1.54, 1.807) is 7.11 Å². The average Bonchev–Trinajstić information content (AvgIpc) is 2.49. The fourth-order valence-corrected chi connectivity index (χ4v) is 2.28. The molecule has 0 aliphatic carbocycles. The molecule has 110 valence electrons. The van der Waals surface area contributed by atoms with Crippen LogP contribution in [-0.2, 0) is 4.79 Å². The highest BCUT2D eigenvalue weighted by atomic mass is 16.5. The maximum absolute atomic E-state index is 12.1. The predicted octanol–water partition coefficient (Wildman–Crippen LogP) is 1.28. The molecule has 1 unspecified atom stereocenters. The van der Waals surface area contributed by atoms with Gasteiger partial charge in [0.2, 0.25) is 5.91 Å². The van der Waals surface area contributed by atoms with Crippen LogP contribution in [0.3, 0.4) is 0 Å². The minimum absolute atomic E-state index is 0.0373. The number of carbonyl (C=O) groups is 1. The number of methoxy groups -OCH3 is 1. The van der Waals surface area contributed by atoms with Crippen molar-refractivity contribution in [2.45, 2.75) is 19.4 Å². The Labute approximate surface area is 119 Å². The number of piperazine rings is 1. The third-order valence-electron chi connectivity index (χ3n) is 3.48. The monoisotopic (exact) mass is 278 g/mol. The van der Waals surface area contributed by atoms with Crippen LogP contribution < -0.4 is 14.8 Å². The summed E-state index contributed by atoms with van der Waals surface area (Å²) in [6, 6.07) is 7.42. The number of nitrogens with zero attached hydrogens (tertiary/aromatic N) is 1. The predicted molar refractivity (Wildman–Crippen MR) is 77.2 cm³/mol.